The maximum Gasteiger partial charge on any atom is 0.520 e. The summed E-state index contributed by atoms with van der Waals surface area (Å²) in [6, 6.07) is 0. The van der Waals surface area contributed by atoms with Crippen molar-refractivity contribution < 1.29 is 19.7 Å². The zero-order valence-corrected chi connectivity index (χ0v) is 13.8. The van der Waals surface area contributed by atoms with Crippen LogP contribution in [-0.4, -0.2) is 47.8 Å². The molecule has 29 heavy (non-hydrogen) atoms. The fraction of sp³-hybridized carbons (Fsp3) is 0.100. The van der Waals surface area contributed by atoms with E-state index in [-0.39, 0.29) is 11.5 Å². The SMILES string of the molecule is Cc1c(N)nc2n1c1nc([N+](=O)[O-])c([N+](=O)[O-])n1c1nc([N+](=O)[O-])c([N+](=O)[O-])n21. The average Bonchev–Trinajstić information content (AvgIpc) is 3.26. The molecule has 4 rings (SSSR count). The van der Waals surface area contributed by atoms with Crippen LogP contribution in [0, 0.1) is 47.4 Å². The van der Waals surface area contributed by atoms with Gasteiger partial charge in [-0.3, -0.25) is 0 Å². The normalized spacial score (nSPS) is 11.5. The number of rotatable bonds is 4. The quantitative estimate of drug-likeness (QED) is 0.350. The Hall–Kier alpha value is -4.97. The first-order chi connectivity index (χ1) is 13.6. The van der Waals surface area contributed by atoms with Crippen molar-refractivity contribution in [2.45, 2.75) is 6.92 Å². The third kappa shape index (κ3) is 2.02. The third-order valence-electron chi connectivity index (χ3n) is 4.05. The Kier molecular flexibility index (Phi) is 3.17. The van der Waals surface area contributed by atoms with Crippen LogP contribution in [0.5, 0.6) is 0 Å². The van der Waals surface area contributed by atoms with Crippen LogP contribution < -0.4 is 5.73 Å². The Morgan fingerprint density at radius 3 is 1.45 bits per heavy atom. The number of anilines is 1. The van der Waals surface area contributed by atoms with Crippen LogP contribution in [0.4, 0.5) is 29.1 Å². The van der Waals surface area contributed by atoms with Gasteiger partial charge in [0.1, 0.15) is 5.82 Å². The van der Waals surface area contributed by atoms with Gasteiger partial charge in [-0.25, -0.2) is 0 Å². The smallest absolute Gasteiger partial charge is 0.382 e. The Balaban J connectivity index is 2.47. The summed E-state index contributed by atoms with van der Waals surface area (Å²) in [5.41, 5.74) is 5.79. The Morgan fingerprint density at radius 1 is 0.690 bits per heavy atom. The van der Waals surface area contributed by atoms with Crippen LogP contribution in [0.25, 0.3) is 17.3 Å². The molecule has 0 aliphatic heterocycles. The lowest BCUT2D eigenvalue weighted by Crippen LogP contribution is -2.08. The highest BCUT2D eigenvalue weighted by molar-refractivity contribution is 5.70. The number of aromatic nitrogens is 6. The van der Waals surface area contributed by atoms with Crippen molar-refractivity contribution in [3.63, 3.8) is 0 Å². The van der Waals surface area contributed by atoms with E-state index in [1.54, 1.807) is 0 Å². The van der Waals surface area contributed by atoms with Crippen molar-refractivity contribution in [3.8, 4) is 0 Å². The van der Waals surface area contributed by atoms with Crippen LogP contribution in [-0.2, 0) is 0 Å². The van der Waals surface area contributed by atoms with Crippen molar-refractivity contribution in [1.82, 2.24) is 28.2 Å². The number of aryl methyl sites for hydroxylation is 1. The first kappa shape index (κ1) is 17.4. The average molecular weight is 407 g/mol. The Labute approximate surface area is 154 Å². The predicted molar refractivity (Wildman–Crippen MR) is 88.5 cm³/mol. The summed E-state index contributed by atoms with van der Waals surface area (Å²) >= 11 is 0. The number of nitrogen functional groups attached to an aromatic ring is 1. The predicted octanol–water partition coefficient (Wildman–Crippen LogP) is 0.153. The Bertz CT molecular complexity index is 1440. The van der Waals surface area contributed by atoms with Gasteiger partial charge in [0, 0.05) is 4.98 Å². The summed E-state index contributed by atoms with van der Waals surface area (Å²) in [6.45, 7) is 1.37. The fourth-order valence-corrected chi connectivity index (χ4v) is 2.91. The molecule has 0 amide bonds. The van der Waals surface area contributed by atoms with Crippen molar-refractivity contribution in [1.29, 1.82) is 0 Å². The van der Waals surface area contributed by atoms with Gasteiger partial charge in [-0.15, -0.1) is 0 Å². The van der Waals surface area contributed by atoms with E-state index in [0.717, 1.165) is 4.40 Å². The number of nitrogens with two attached hydrogens (primary N) is 1. The number of imidazole rings is 3. The first-order valence-corrected chi connectivity index (χ1v) is 7.25. The highest BCUT2D eigenvalue weighted by Gasteiger charge is 2.47. The molecule has 0 radical (unpaired) electrons. The molecule has 4 heterocycles. The van der Waals surface area contributed by atoms with Crippen molar-refractivity contribution >= 4 is 46.4 Å². The summed E-state index contributed by atoms with van der Waals surface area (Å²) in [6.07, 6.45) is 0. The number of nitrogens with zero attached hydrogens (tertiary/aromatic N) is 10. The summed E-state index contributed by atoms with van der Waals surface area (Å²) in [5, 5.41) is 45.6. The van der Waals surface area contributed by atoms with Gasteiger partial charge in [0.15, 0.2) is 0 Å². The molecule has 0 atom stereocenters. The van der Waals surface area contributed by atoms with Gasteiger partial charge in [-0.1, -0.05) is 4.40 Å². The van der Waals surface area contributed by atoms with Crippen molar-refractivity contribution in [2.75, 3.05) is 5.73 Å². The van der Waals surface area contributed by atoms with Gasteiger partial charge >= 0.3 is 40.6 Å². The van der Waals surface area contributed by atoms with Gasteiger partial charge in [0.05, 0.1) is 10.7 Å². The topological polar surface area (TPSA) is 250 Å². The molecule has 0 spiro atoms. The molecule has 4 aromatic rings. The monoisotopic (exact) mass is 407 g/mol. The van der Waals surface area contributed by atoms with E-state index in [2.05, 4.69) is 15.0 Å². The second-order valence-electron chi connectivity index (χ2n) is 5.54. The molecular formula is C10H5N11O8. The lowest BCUT2D eigenvalue weighted by Gasteiger charge is -1.95. The lowest BCUT2D eigenvalue weighted by atomic mass is 10.5. The molecule has 19 heteroatoms. The van der Waals surface area contributed by atoms with Crippen LogP contribution in [0.3, 0.4) is 0 Å². The van der Waals surface area contributed by atoms with Gasteiger partial charge in [-0.05, 0) is 31.0 Å². The fourth-order valence-electron chi connectivity index (χ4n) is 2.91. The number of hydrogen-bond donors (Lipinski definition) is 1. The zero-order valence-electron chi connectivity index (χ0n) is 13.8. The molecule has 19 nitrogen and oxygen atoms in total. The van der Waals surface area contributed by atoms with E-state index in [0.29, 0.717) is 8.80 Å². The standard InChI is InChI=1S/C10H5N11O8/c1-2-3(11)12-8-15(2)9-13-4(18(22)23)7(21(28)29)17(9)10-14-5(19(24)25)6(16(8)10)20(26)27/h11H2,1H3. The molecule has 0 aliphatic rings. The zero-order chi connectivity index (χ0) is 21.4. The first-order valence-electron chi connectivity index (χ1n) is 7.25. The molecule has 0 saturated carbocycles. The number of hydrogen-bond acceptors (Lipinski definition) is 12. The summed E-state index contributed by atoms with van der Waals surface area (Å²) in [5.74, 6) is -6.67. The van der Waals surface area contributed by atoms with E-state index >= 15 is 0 Å². The molecular weight excluding hydrogens is 402 g/mol. The summed E-state index contributed by atoms with van der Waals surface area (Å²) in [7, 11) is 0. The van der Waals surface area contributed by atoms with E-state index in [4.69, 9.17) is 5.73 Å². The molecule has 148 valence electrons. The Morgan fingerprint density at radius 2 is 1.07 bits per heavy atom. The molecule has 0 unspecified atom stereocenters. The van der Waals surface area contributed by atoms with Gasteiger partial charge in [0.2, 0.25) is 0 Å². The minimum atomic E-state index is -1.26. The minimum Gasteiger partial charge on any atom is -0.382 e. The van der Waals surface area contributed by atoms with Gasteiger partial charge < -0.3 is 46.2 Å². The molecule has 0 aliphatic carbocycles. The molecule has 0 fully saturated rings. The second-order valence-corrected chi connectivity index (χ2v) is 5.54. The number of nitro groups is 4. The van der Waals surface area contributed by atoms with Crippen molar-refractivity contribution in [3.05, 3.63) is 46.2 Å². The van der Waals surface area contributed by atoms with E-state index in [1.807, 2.05) is 0 Å². The molecule has 4 aromatic heterocycles. The largest absolute Gasteiger partial charge is 0.520 e. The highest BCUT2D eigenvalue weighted by atomic mass is 16.7. The molecule has 0 saturated heterocycles. The van der Waals surface area contributed by atoms with E-state index in [1.165, 1.54) is 6.92 Å². The van der Waals surface area contributed by atoms with Crippen LogP contribution in [0.2, 0.25) is 0 Å². The van der Waals surface area contributed by atoms with E-state index in [9.17, 15) is 40.5 Å². The van der Waals surface area contributed by atoms with Crippen molar-refractivity contribution in [2.24, 2.45) is 0 Å². The minimum absolute atomic E-state index is 0.0762. The lowest BCUT2D eigenvalue weighted by molar-refractivity contribution is -0.427. The summed E-state index contributed by atoms with van der Waals surface area (Å²) < 4.78 is 1.98. The second kappa shape index (κ2) is 5.28. The van der Waals surface area contributed by atoms with Gasteiger partial charge in [-0.2, -0.15) is 9.38 Å². The highest BCUT2D eigenvalue weighted by Crippen LogP contribution is 2.35. The van der Waals surface area contributed by atoms with Crippen LogP contribution in [0.1, 0.15) is 5.69 Å². The maximum absolute atomic E-state index is 11.5. The van der Waals surface area contributed by atoms with Crippen LogP contribution >= 0.6 is 0 Å². The third-order valence-corrected chi connectivity index (χ3v) is 4.05. The van der Waals surface area contributed by atoms with Gasteiger partial charge in [0.25, 0.3) is 0 Å². The van der Waals surface area contributed by atoms with Crippen LogP contribution in [0.15, 0.2) is 0 Å². The van der Waals surface area contributed by atoms with E-state index < -0.39 is 60.3 Å². The molecule has 0 bridgehead atoms. The maximum atomic E-state index is 11.5. The molecule has 0 aromatic carbocycles. The number of fused-ring (bicyclic) bond motifs is 6. The molecule has 2 N–H and O–H groups in total. The summed E-state index contributed by atoms with van der Waals surface area (Å²) in [4.78, 5) is 51.9.